The van der Waals surface area contributed by atoms with Crippen molar-refractivity contribution in [3.05, 3.63) is 64.5 Å². The van der Waals surface area contributed by atoms with Gasteiger partial charge in [0.25, 0.3) is 5.91 Å². The van der Waals surface area contributed by atoms with Crippen LogP contribution in [0.25, 0.3) is 0 Å². The molecule has 0 saturated carbocycles. The Morgan fingerprint density at radius 2 is 1.95 bits per heavy atom. The lowest BCUT2D eigenvalue weighted by Gasteiger charge is -2.10. The van der Waals surface area contributed by atoms with Gasteiger partial charge < -0.3 is 11.1 Å². The Labute approximate surface area is 124 Å². The van der Waals surface area contributed by atoms with Crippen LogP contribution >= 0.6 is 0 Å². The number of nitrogens with one attached hydrogen (secondary N) is 1. The van der Waals surface area contributed by atoms with Gasteiger partial charge in [0.2, 0.25) is 0 Å². The molecule has 2 aromatic rings. The average Bonchev–Trinajstić information content (AvgIpc) is 2.43. The minimum absolute atomic E-state index is 0.184. The molecule has 0 fully saturated rings. The molecule has 1 amide bonds. The van der Waals surface area contributed by atoms with Gasteiger partial charge in [-0.05, 0) is 55.7 Å². The van der Waals surface area contributed by atoms with E-state index in [2.05, 4.69) is 5.32 Å². The Hall–Kier alpha value is -2.36. The van der Waals surface area contributed by atoms with E-state index in [-0.39, 0.29) is 11.7 Å². The molecular weight excluding hydrogens is 267 g/mol. The molecule has 2 aromatic carbocycles. The van der Waals surface area contributed by atoms with Gasteiger partial charge in [0.1, 0.15) is 5.82 Å². The highest BCUT2D eigenvalue weighted by Crippen LogP contribution is 2.14. The highest BCUT2D eigenvalue weighted by Gasteiger charge is 2.09. The third-order valence-electron chi connectivity index (χ3n) is 3.44. The molecule has 2 rings (SSSR count). The number of carbonyl (C=O) groups excluding carboxylic acids is 1. The van der Waals surface area contributed by atoms with Crippen LogP contribution in [0.2, 0.25) is 0 Å². The first-order valence-corrected chi connectivity index (χ1v) is 6.86. The maximum Gasteiger partial charge on any atom is 0.253 e. The topological polar surface area (TPSA) is 55.1 Å². The van der Waals surface area contributed by atoms with Crippen LogP contribution < -0.4 is 11.1 Å². The first kappa shape index (κ1) is 15.0. The van der Waals surface area contributed by atoms with E-state index in [9.17, 15) is 9.18 Å². The molecule has 0 aliphatic carbocycles. The SMILES string of the molecule is Cc1ccc(N)c(C(=O)NCCc2ccc(F)cc2C)c1. The highest BCUT2D eigenvalue weighted by molar-refractivity contribution is 5.99. The fourth-order valence-corrected chi connectivity index (χ4v) is 2.21. The van der Waals surface area contributed by atoms with Gasteiger partial charge in [-0.2, -0.15) is 0 Å². The fourth-order valence-electron chi connectivity index (χ4n) is 2.21. The smallest absolute Gasteiger partial charge is 0.253 e. The molecule has 0 aliphatic heterocycles. The summed E-state index contributed by atoms with van der Waals surface area (Å²) in [6.45, 7) is 4.26. The largest absolute Gasteiger partial charge is 0.398 e. The summed E-state index contributed by atoms with van der Waals surface area (Å²) in [7, 11) is 0. The van der Waals surface area contributed by atoms with Crippen molar-refractivity contribution in [3.8, 4) is 0 Å². The van der Waals surface area contributed by atoms with Crippen molar-refractivity contribution in [2.45, 2.75) is 20.3 Å². The van der Waals surface area contributed by atoms with Crippen LogP contribution in [0.1, 0.15) is 27.0 Å². The van der Waals surface area contributed by atoms with E-state index < -0.39 is 0 Å². The number of hydrogen-bond acceptors (Lipinski definition) is 2. The van der Waals surface area contributed by atoms with Gasteiger partial charge in [-0.1, -0.05) is 17.7 Å². The van der Waals surface area contributed by atoms with E-state index in [1.807, 2.05) is 19.9 Å². The molecule has 4 heteroatoms. The number of halogens is 1. The van der Waals surface area contributed by atoms with Crippen LogP contribution in [0.5, 0.6) is 0 Å². The third-order valence-corrected chi connectivity index (χ3v) is 3.44. The highest BCUT2D eigenvalue weighted by atomic mass is 19.1. The van der Waals surface area contributed by atoms with Crippen molar-refractivity contribution in [2.24, 2.45) is 0 Å². The summed E-state index contributed by atoms with van der Waals surface area (Å²) in [5, 5.41) is 2.84. The molecule has 0 bridgehead atoms. The van der Waals surface area contributed by atoms with Gasteiger partial charge in [-0.3, -0.25) is 4.79 Å². The number of amides is 1. The van der Waals surface area contributed by atoms with Crippen molar-refractivity contribution < 1.29 is 9.18 Å². The second-order valence-corrected chi connectivity index (χ2v) is 5.17. The number of nitrogen functional groups attached to an aromatic ring is 1. The molecule has 110 valence electrons. The lowest BCUT2D eigenvalue weighted by Crippen LogP contribution is -2.26. The predicted octanol–water partition coefficient (Wildman–Crippen LogP) is 3.00. The first-order valence-electron chi connectivity index (χ1n) is 6.86. The van der Waals surface area contributed by atoms with Crippen LogP contribution in [0.3, 0.4) is 0 Å². The summed E-state index contributed by atoms with van der Waals surface area (Å²) in [5.74, 6) is -0.427. The van der Waals surface area contributed by atoms with Crippen molar-refractivity contribution in [3.63, 3.8) is 0 Å². The normalized spacial score (nSPS) is 10.4. The number of benzene rings is 2. The van der Waals surface area contributed by atoms with Crippen LogP contribution in [-0.2, 0) is 6.42 Å². The maximum atomic E-state index is 13.0. The fraction of sp³-hybridized carbons (Fsp3) is 0.235. The third kappa shape index (κ3) is 3.81. The van der Waals surface area contributed by atoms with E-state index in [0.717, 1.165) is 16.7 Å². The standard InChI is InChI=1S/C17H19FN2O/c1-11-3-6-16(19)15(9-11)17(21)20-8-7-13-4-5-14(18)10-12(13)2/h3-6,9-10H,7-8,19H2,1-2H3,(H,20,21). The molecule has 21 heavy (non-hydrogen) atoms. The predicted molar refractivity (Wildman–Crippen MR) is 82.8 cm³/mol. The summed E-state index contributed by atoms with van der Waals surface area (Å²) in [4.78, 5) is 12.1. The summed E-state index contributed by atoms with van der Waals surface area (Å²) in [5.41, 5.74) is 9.67. The zero-order chi connectivity index (χ0) is 15.4. The molecular formula is C17H19FN2O. The van der Waals surface area contributed by atoms with Gasteiger partial charge in [0, 0.05) is 12.2 Å². The summed E-state index contributed by atoms with van der Waals surface area (Å²) in [6, 6.07) is 10.0. The molecule has 0 unspecified atom stereocenters. The zero-order valence-corrected chi connectivity index (χ0v) is 12.2. The Morgan fingerprint density at radius 1 is 1.19 bits per heavy atom. The number of rotatable bonds is 4. The lowest BCUT2D eigenvalue weighted by molar-refractivity contribution is 0.0955. The molecule has 0 spiro atoms. The minimum Gasteiger partial charge on any atom is -0.398 e. The summed E-state index contributed by atoms with van der Waals surface area (Å²) < 4.78 is 13.0. The van der Waals surface area contributed by atoms with E-state index in [1.54, 1.807) is 18.2 Å². The molecule has 0 saturated heterocycles. The molecule has 3 N–H and O–H groups in total. The minimum atomic E-state index is -0.243. The molecule has 0 aliphatic rings. The van der Waals surface area contributed by atoms with Gasteiger partial charge in [0.15, 0.2) is 0 Å². The van der Waals surface area contributed by atoms with E-state index >= 15 is 0 Å². The van der Waals surface area contributed by atoms with Crippen LogP contribution in [0, 0.1) is 19.7 Å². The van der Waals surface area contributed by atoms with Crippen molar-refractivity contribution in [1.29, 1.82) is 0 Å². The number of hydrogen-bond donors (Lipinski definition) is 2. The Morgan fingerprint density at radius 3 is 2.67 bits per heavy atom. The Bertz CT molecular complexity index is 668. The van der Waals surface area contributed by atoms with Gasteiger partial charge >= 0.3 is 0 Å². The molecule has 3 nitrogen and oxygen atoms in total. The lowest BCUT2D eigenvalue weighted by atomic mass is 10.1. The van der Waals surface area contributed by atoms with E-state index in [0.29, 0.717) is 24.2 Å². The number of aryl methyl sites for hydroxylation is 2. The summed E-state index contributed by atoms with van der Waals surface area (Å²) >= 11 is 0. The van der Waals surface area contributed by atoms with Gasteiger partial charge in [-0.15, -0.1) is 0 Å². The maximum absolute atomic E-state index is 13.0. The molecule has 0 aromatic heterocycles. The van der Waals surface area contributed by atoms with Crippen molar-refractivity contribution in [2.75, 3.05) is 12.3 Å². The van der Waals surface area contributed by atoms with Gasteiger partial charge in [-0.25, -0.2) is 4.39 Å². The van der Waals surface area contributed by atoms with E-state index in [1.165, 1.54) is 12.1 Å². The van der Waals surface area contributed by atoms with Crippen LogP contribution in [-0.4, -0.2) is 12.5 Å². The quantitative estimate of drug-likeness (QED) is 0.849. The van der Waals surface area contributed by atoms with Crippen LogP contribution in [0.4, 0.5) is 10.1 Å². The van der Waals surface area contributed by atoms with Gasteiger partial charge in [0.05, 0.1) is 5.56 Å². The summed E-state index contributed by atoms with van der Waals surface area (Å²) in [6.07, 6.45) is 0.656. The second-order valence-electron chi connectivity index (χ2n) is 5.17. The molecule has 0 atom stereocenters. The van der Waals surface area contributed by atoms with E-state index in [4.69, 9.17) is 5.73 Å². The number of anilines is 1. The Balaban J connectivity index is 1.97. The van der Waals surface area contributed by atoms with Crippen molar-refractivity contribution in [1.82, 2.24) is 5.32 Å². The average molecular weight is 286 g/mol. The number of nitrogens with two attached hydrogens (primary N) is 1. The van der Waals surface area contributed by atoms with Crippen molar-refractivity contribution >= 4 is 11.6 Å². The Kier molecular flexibility index (Phi) is 4.58. The molecule has 0 radical (unpaired) electrons. The monoisotopic (exact) mass is 286 g/mol. The second kappa shape index (κ2) is 6.39. The first-order chi connectivity index (χ1) is 9.97. The number of carbonyl (C=O) groups is 1. The zero-order valence-electron chi connectivity index (χ0n) is 12.2. The van der Waals surface area contributed by atoms with Crippen LogP contribution in [0.15, 0.2) is 36.4 Å². The molecule has 0 heterocycles.